The summed E-state index contributed by atoms with van der Waals surface area (Å²) in [6.45, 7) is 0. The Hall–Kier alpha value is -1.67. The molecule has 1 aromatic carbocycles. The molecule has 0 aliphatic carbocycles. The Morgan fingerprint density at radius 2 is 2.18 bits per heavy atom. The van der Waals surface area contributed by atoms with Crippen molar-refractivity contribution in [3.8, 4) is 5.75 Å². The molecule has 0 spiro atoms. The normalized spacial score (nSPS) is 11.9. The lowest BCUT2D eigenvalue weighted by atomic mass is 10.1. The van der Waals surface area contributed by atoms with Gasteiger partial charge in [-0.3, -0.25) is 10.1 Å². The molecule has 7 nitrogen and oxygen atoms in total. The minimum atomic E-state index is -1.98. The van der Waals surface area contributed by atoms with Crippen LogP contribution in [0.1, 0.15) is 11.7 Å². The van der Waals surface area contributed by atoms with Crippen LogP contribution in [0.15, 0.2) is 16.6 Å². The van der Waals surface area contributed by atoms with Crippen LogP contribution in [-0.2, 0) is 4.79 Å². The highest BCUT2D eigenvalue weighted by Gasteiger charge is 2.29. The number of carbonyl (C=O) groups is 1. The monoisotopic (exact) mass is 305 g/mol. The summed E-state index contributed by atoms with van der Waals surface area (Å²) in [6, 6.07) is 2.39. The van der Waals surface area contributed by atoms with Crippen LogP contribution in [-0.4, -0.2) is 28.2 Å². The van der Waals surface area contributed by atoms with Gasteiger partial charge in [0, 0.05) is 4.47 Å². The average molecular weight is 306 g/mol. The number of aliphatic hydroxyl groups excluding tert-OH is 1. The Labute approximate surface area is 104 Å². The number of hydrogen-bond donors (Lipinski definition) is 2. The third-order valence-electron chi connectivity index (χ3n) is 2.02. The second-order valence-corrected chi connectivity index (χ2v) is 3.89. The molecule has 0 fully saturated rings. The number of carboxylic acid groups (broad SMARTS) is 1. The van der Waals surface area contributed by atoms with Gasteiger partial charge in [-0.1, -0.05) is 15.9 Å². The Morgan fingerprint density at radius 1 is 1.59 bits per heavy atom. The minimum absolute atomic E-state index is 0.0958. The van der Waals surface area contributed by atoms with E-state index in [4.69, 9.17) is 9.84 Å². The molecule has 0 saturated heterocycles. The van der Waals surface area contributed by atoms with Crippen molar-refractivity contribution in [1.29, 1.82) is 0 Å². The Kier molecular flexibility index (Phi) is 4.02. The fourth-order valence-corrected chi connectivity index (χ4v) is 1.89. The van der Waals surface area contributed by atoms with Crippen LogP contribution in [0, 0.1) is 10.1 Å². The number of aliphatic carboxylic acids is 1. The molecular weight excluding hydrogens is 298 g/mol. The summed E-state index contributed by atoms with van der Waals surface area (Å²) in [5, 5.41) is 28.9. The summed E-state index contributed by atoms with van der Waals surface area (Å²) in [4.78, 5) is 20.7. The van der Waals surface area contributed by atoms with Gasteiger partial charge in [-0.2, -0.15) is 0 Å². The van der Waals surface area contributed by atoms with Gasteiger partial charge < -0.3 is 14.9 Å². The van der Waals surface area contributed by atoms with E-state index >= 15 is 0 Å². The van der Waals surface area contributed by atoms with E-state index < -0.39 is 22.7 Å². The van der Waals surface area contributed by atoms with E-state index in [0.29, 0.717) is 0 Å². The van der Waals surface area contributed by atoms with Crippen molar-refractivity contribution in [3.63, 3.8) is 0 Å². The first-order valence-corrected chi connectivity index (χ1v) is 5.10. The van der Waals surface area contributed by atoms with E-state index in [0.717, 1.165) is 6.07 Å². The first-order valence-electron chi connectivity index (χ1n) is 4.31. The van der Waals surface area contributed by atoms with Gasteiger partial charge >= 0.3 is 5.97 Å². The number of nitro benzene ring substituents is 1. The molecule has 0 bridgehead atoms. The van der Waals surface area contributed by atoms with Crippen LogP contribution in [0.5, 0.6) is 5.75 Å². The van der Waals surface area contributed by atoms with Gasteiger partial charge in [-0.05, 0) is 6.07 Å². The molecule has 0 heterocycles. The lowest BCUT2D eigenvalue weighted by Crippen LogP contribution is -2.13. The maximum Gasteiger partial charge on any atom is 0.337 e. The number of carboxylic acids is 1. The highest BCUT2D eigenvalue weighted by atomic mass is 79.9. The van der Waals surface area contributed by atoms with E-state index in [-0.39, 0.29) is 15.8 Å². The summed E-state index contributed by atoms with van der Waals surface area (Å²) in [5.74, 6) is -1.39. The summed E-state index contributed by atoms with van der Waals surface area (Å²) in [6.07, 6.45) is -1.98. The van der Waals surface area contributed by atoms with Gasteiger partial charge in [0.25, 0.3) is 5.69 Å². The summed E-state index contributed by atoms with van der Waals surface area (Å²) >= 11 is 2.97. The Morgan fingerprint density at radius 3 is 2.59 bits per heavy atom. The van der Waals surface area contributed by atoms with E-state index in [1.54, 1.807) is 0 Å². The van der Waals surface area contributed by atoms with Gasteiger partial charge in [0.2, 0.25) is 0 Å². The lowest BCUT2D eigenvalue weighted by Gasteiger charge is -2.10. The molecule has 0 aromatic heterocycles. The standard InChI is InChI=1S/C9H8BrNO6/c1-17-4-2-5(10)7(8(12)9(13)14)6(3-4)11(15)16/h2-3,8,12H,1H3,(H,13,14). The predicted octanol–water partition coefficient (Wildman–Crippen LogP) is 1.48. The highest BCUT2D eigenvalue weighted by Crippen LogP contribution is 2.36. The van der Waals surface area contributed by atoms with Crippen LogP contribution in [0.3, 0.4) is 0 Å². The number of methoxy groups -OCH3 is 1. The van der Waals surface area contributed by atoms with E-state index in [1.807, 2.05) is 0 Å². The zero-order valence-electron chi connectivity index (χ0n) is 8.58. The first kappa shape index (κ1) is 13.4. The number of hydrogen-bond acceptors (Lipinski definition) is 5. The third kappa shape index (κ3) is 2.71. The number of aliphatic hydroxyl groups is 1. The number of rotatable bonds is 4. The quantitative estimate of drug-likeness (QED) is 0.644. The highest BCUT2D eigenvalue weighted by molar-refractivity contribution is 9.10. The topological polar surface area (TPSA) is 110 Å². The summed E-state index contributed by atoms with van der Waals surface area (Å²) in [7, 11) is 1.32. The van der Waals surface area contributed by atoms with Gasteiger partial charge in [0.15, 0.2) is 6.10 Å². The maximum absolute atomic E-state index is 10.8. The van der Waals surface area contributed by atoms with Crippen molar-refractivity contribution in [2.75, 3.05) is 7.11 Å². The molecule has 2 N–H and O–H groups in total. The van der Waals surface area contributed by atoms with Crippen LogP contribution >= 0.6 is 15.9 Å². The zero-order chi connectivity index (χ0) is 13.2. The van der Waals surface area contributed by atoms with Crippen molar-refractivity contribution >= 4 is 27.6 Å². The maximum atomic E-state index is 10.8. The summed E-state index contributed by atoms with van der Waals surface area (Å²) in [5.41, 5.74) is -0.838. The molecule has 1 aromatic rings. The molecular formula is C9H8BrNO6. The average Bonchev–Trinajstić information content (AvgIpc) is 2.26. The number of ether oxygens (including phenoxy) is 1. The number of nitrogens with zero attached hydrogens (tertiary/aromatic N) is 1. The molecule has 0 amide bonds. The van der Waals surface area contributed by atoms with Crippen molar-refractivity contribution in [2.45, 2.75) is 6.10 Å². The molecule has 1 unspecified atom stereocenters. The van der Waals surface area contributed by atoms with Gasteiger partial charge in [0.1, 0.15) is 5.75 Å². The van der Waals surface area contributed by atoms with Crippen LogP contribution < -0.4 is 4.74 Å². The van der Waals surface area contributed by atoms with E-state index in [1.165, 1.54) is 13.2 Å². The Bertz CT molecular complexity index is 475. The molecule has 0 radical (unpaired) electrons. The molecule has 1 rings (SSSR count). The van der Waals surface area contributed by atoms with Crippen molar-refractivity contribution in [2.24, 2.45) is 0 Å². The van der Waals surface area contributed by atoms with Gasteiger partial charge in [-0.25, -0.2) is 4.79 Å². The van der Waals surface area contributed by atoms with Gasteiger partial charge in [0.05, 0.1) is 23.7 Å². The first-order chi connectivity index (χ1) is 7.88. The smallest absolute Gasteiger partial charge is 0.337 e. The fraction of sp³-hybridized carbons (Fsp3) is 0.222. The van der Waals surface area contributed by atoms with Crippen LogP contribution in [0.2, 0.25) is 0 Å². The predicted molar refractivity (Wildman–Crippen MR) is 59.9 cm³/mol. The third-order valence-corrected chi connectivity index (χ3v) is 2.68. The fourth-order valence-electron chi connectivity index (χ4n) is 1.24. The second kappa shape index (κ2) is 5.11. The van der Waals surface area contributed by atoms with Gasteiger partial charge in [-0.15, -0.1) is 0 Å². The molecule has 0 aliphatic heterocycles. The lowest BCUT2D eigenvalue weighted by molar-refractivity contribution is -0.386. The largest absolute Gasteiger partial charge is 0.496 e. The molecule has 17 heavy (non-hydrogen) atoms. The number of nitro groups is 1. The SMILES string of the molecule is COc1cc(Br)c(C(O)C(=O)O)c([N+](=O)[O-])c1. The van der Waals surface area contributed by atoms with Crippen molar-refractivity contribution in [3.05, 3.63) is 32.3 Å². The number of benzene rings is 1. The second-order valence-electron chi connectivity index (χ2n) is 3.04. The van der Waals surface area contributed by atoms with Crippen LogP contribution in [0.25, 0.3) is 0 Å². The molecule has 0 saturated carbocycles. The molecule has 92 valence electrons. The molecule has 8 heteroatoms. The van der Waals surface area contributed by atoms with Crippen molar-refractivity contribution in [1.82, 2.24) is 0 Å². The zero-order valence-corrected chi connectivity index (χ0v) is 10.2. The Balaban J connectivity index is 3.46. The molecule has 1 atom stereocenters. The minimum Gasteiger partial charge on any atom is -0.496 e. The van der Waals surface area contributed by atoms with Crippen LogP contribution in [0.4, 0.5) is 5.69 Å². The van der Waals surface area contributed by atoms with E-state index in [9.17, 15) is 20.0 Å². The van der Waals surface area contributed by atoms with Crippen molar-refractivity contribution < 1.29 is 24.7 Å². The number of halogens is 1. The molecule has 0 aliphatic rings. The van der Waals surface area contributed by atoms with E-state index in [2.05, 4.69) is 15.9 Å². The summed E-state index contributed by atoms with van der Waals surface area (Å²) < 4.78 is 4.91.